The van der Waals surface area contributed by atoms with Crippen LogP contribution in [-0.4, -0.2) is 18.6 Å². The summed E-state index contributed by atoms with van der Waals surface area (Å²) in [5, 5.41) is 0. The quantitative estimate of drug-likeness (QED) is 0.754. The van der Waals surface area contributed by atoms with E-state index < -0.39 is 11.6 Å². The van der Waals surface area contributed by atoms with Crippen molar-refractivity contribution in [3.63, 3.8) is 0 Å². The van der Waals surface area contributed by atoms with Crippen LogP contribution in [0.5, 0.6) is 5.75 Å². The average molecular weight is 339 g/mol. The summed E-state index contributed by atoms with van der Waals surface area (Å²) < 4.78 is 34.5. The zero-order valence-corrected chi connectivity index (χ0v) is 14.2. The van der Waals surface area contributed by atoms with Gasteiger partial charge in [-0.25, -0.2) is 8.78 Å². The Labute approximate surface area is 146 Å². The molecule has 4 heteroatoms. The number of halogens is 2. The Morgan fingerprint density at radius 3 is 2.24 bits per heavy atom. The van der Waals surface area contributed by atoms with Crippen molar-refractivity contribution in [2.75, 3.05) is 13.7 Å². The summed E-state index contributed by atoms with van der Waals surface area (Å²) in [6, 6.07) is 11.9. The second-order valence-corrected chi connectivity index (χ2v) is 5.66. The van der Waals surface area contributed by atoms with E-state index in [9.17, 15) is 8.78 Å². The first-order valence-corrected chi connectivity index (χ1v) is 8.04. The summed E-state index contributed by atoms with van der Waals surface area (Å²) >= 11 is 0. The minimum atomic E-state index is -0.665. The second kappa shape index (κ2) is 6.93. The predicted molar refractivity (Wildman–Crippen MR) is 96.8 cm³/mol. The molecule has 0 aliphatic carbocycles. The van der Waals surface area contributed by atoms with Gasteiger partial charge in [0.2, 0.25) is 0 Å². The highest BCUT2D eigenvalue weighted by atomic mass is 19.1. The molecule has 0 unspecified atom stereocenters. The van der Waals surface area contributed by atoms with E-state index in [0.29, 0.717) is 17.9 Å². The van der Waals surface area contributed by atoms with Gasteiger partial charge in [-0.2, -0.15) is 0 Å². The van der Waals surface area contributed by atoms with Crippen molar-refractivity contribution in [1.29, 1.82) is 0 Å². The third-order valence-electron chi connectivity index (χ3n) is 4.20. The number of hydrogen-bond acceptors (Lipinski definition) is 2. The van der Waals surface area contributed by atoms with Crippen molar-refractivity contribution >= 4 is 11.3 Å². The van der Waals surface area contributed by atoms with Gasteiger partial charge in [0.1, 0.15) is 17.4 Å². The molecular weight excluding hydrogens is 320 g/mol. The number of methoxy groups -OCH3 is 1. The molecule has 2 aromatic carbocycles. The monoisotopic (exact) mass is 339 g/mol. The molecule has 0 spiro atoms. The number of hydrogen-bond donors (Lipinski definition) is 0. The van der Waals surface area contributed by atoms with Gasteiger partial charge in [0.05, 0.1) is 18.4 Å². The molecule has 1 aliphatic heterocycles. The standard InChI is InChI=1S/C21H19F2NO/c1-4-24-14(2)10-11-17(15-8-6-5-7-9-15)21(24)20-18(22)12-16(25-3)13-19(20)23/h5-13H,2,4H2,1,3H3. The summed E-state index contributed by atoms with van der Waals surface area (Å²) in [6.07, 6.45) is 3.71. The van der Waals surface area contributed by atoms with Crippen LogP contribution in [0.2, 0.25) is 0 Å². The van der Waals surface area contributed by atoms with Crippen LogP contribution in [0, 0.1) is 11.6 Å². The molecule has 3 rings (SSSR count). The maximum atomic E-state index is 14.8. The van der Waals surface area contributed by atoms with Gasteiger partial charge in [-0.3, -0.25) is 0 Å². The maximum absolute atomic E-state index is 14.8. The average Bonchev–Trinajstić information content (AvgIpc) is 2.62. The van der Waals surface area contributed by atoms with Crippen molar-refractivity contribution < 1.29 is 13.5 Å². The molecule has 0 bridgehead atoms. The van der Waals surface area contributed by atoms with Crippen LogP contribution in [0.3, 0.4) is 0 Å². The maximum Gasteiger partial charge on any atom is 0.139 e. The highest BCUT2D eigenvalue weighted by Gasteiger charge is 2.26. The van der Waals surface area contributed by atoms with E-state index >= 15 is 0 Å². The second-order valence-electron chi connectivity index (χ2n) is 5.66. The van der Waals surface area contributed by atoms with Gasteiger partial charge < -0.3 is 9.64 Å². The first-order chi connectivity index (χ1) is 12.1. The van der Waals surface area contributed by atoms with E-state index in [4.69, 9.17) is 4.74 Å². The molecule has 0 radical (unpaired) electrons. The lowest BCUT2D eigenvalue weighted by atomic mass is 9.94. The Balaban J connectivity index is 2.31. The fourth-order valence-electron chi connectivity index (χ4n) is 3.01. The molecular formula is C21H19F2NO. The molecule has 0 amide bonds. The number of benzene rings is 2. The lowest BCUT2D eigenvalue weighted by Gasteiger charge is -2.32. The Morgan fingerprint density at radius 2 is 1.68 bits per heavy atom. The van der Waals surface area contributed by atoms with E-state index in [-0.39, 0.29) is 11.3 Å². The van der Waals surface area contributed by atoms with Crippen molar-refractivity contribution in [3.8, 4) is 5.75 Å². The topological polar surface area (TPSA) is 12.5 Å². The van der Waals surface area contributed by atoms with Gasteiger partial charge in [0, 0.05) is 29.9 Å². The highest BCUT2D eigenvalue weighted by molar-refractivity contribution is 5.97. The van der Waals surface area contributed by atoms with E-state index in [0.717, 1.165) is 11.1 Å². The summed E-state index contributed by atoms with van der Waals surface area (Å²) in [5.41, 5.74) is 2.71. The van der Waals surface area contributed by atoms with E-state index in [2.05, 4.69) is 6.58 Å². The number of likely N-dealkylation sites (N-methyl/N-ethyl adjacent to an activating group) is 1. The van der Waals surface area contributed by atoms with Crippen molar-refractivity contribution in [3.05, 3.63) is 89.7 Å². The fraction of sp³-hybridized carbons (Fsp3) is 0.143. The van der Waals surface area contributed by atoms with Gasteiger partial charge >= 0.3 is 0 Å². The highest BCUT2D eigenvalue weighted by Crippen LogP contribution is 2.39. The van der Waals surface area contributed by atoms with Crippen LogP contribution in [0.15, 0.2) is 66.9 Å². The largest absolute Gasteiger partial charge is 0.497 e. The Morgan fingerprint density at radius 1 is 1.04 bits per heavy atom. The molecule has 2 aromatic rings. The molecule has 1 aliphatic rings. The molecule has 2 nitrogen and oxygen atoms in total. The molecule has 0 fully saturated rings. The minimum Gasteiger partial charge on any atom is -0.497 e. The van der Waals surface area contributed by atoms with Crippen LogP contribution in [0.25, 0.3) is 11.3 Å². The molecule has 25 heavy (non-hydrogen) atoms. The first-order valence-electron chi connectivity index (χ1n) is 8.04. The van der Waals surface area contributed by atoms with Crippen LogP contribution < -0.4 is 4.74 Å². The molecule has 128 valence electrons. The van der Waals surface area contributed by atoms with Gasteiger partial charge in [-0.15, -0.1) is 0 Å². The van der Waals surface area contributed by atoms with Crippen LogP contribution in [0.1, 0.15) is 18.1 Å². The van der Waals surface area contributed by atoms with E-state index in [1.807, 2.05) is 54.3 Å². The third kappa shape index (κ3) is 3.07. The zero-order chi connectivity index (χ0) is 18.0. The van der Waals surface area contributed by atoms with Gasteiger partial charge in [-0.05, 0) is 18.6 Å². The van der Waals surface area contributed by atoms with Crippen molar-refractivity contribution in [2.45, 2.75) is 6.92 Å². The summed E-state index contributed by atoms with van der Waals surface area (Å²) in [7, 11) is 1.38. The molecule has 0 aromatic heterocycles. The number of allylic oxidation sites excluding steroid dienone is 3. The number of ether oxygens (including phenoxy) is 1. The van der Waals surface area contributed by atoms with Crippen LogP contribution in [0.4, 0.5) is 8.78 Å². The smallest absolute Gasteiger partial charge is 0.139 e. The fourth-order valence-corrected chi connectivity index (χ4v) is 3.01. The lowest BCUT2D eigenvalue weighted by molar-refractivity contribution is 0.405. The summed E-state index contributed by atoms with van der Waals surface area (Å²) in [5.74, 6) is -1.18. The molecule has 0 atom stereocenters. The molecule has 1 heterocycles. The predicted octanol–water partition coefficient (Wildman–Crippen LogP) is 5.25. The normalized spacial score (nSPS) is 14.2. The third-order valence-corrected chi connectivity index (χ3v) is 4.20. The van der Waals surface area contributed by atoms with Crippen LogP contribution >= 0.6 is 0 Å². The van der Waals surface area contributed by atoms with Gasteiger partial charge in [0.25, 0.3) is 0 Å². The van der Waals surface area contributed by atoms with E-state index in [1.54, 1.807) is 0 Å². The Kier molecular flexibility index (Phi) is 4.70. The molecule has 0 N–H and O–H groups in total. The van der Waals surface area contributed by atoms with Crippen molar-refractivity contribution in [2.24, 2.45) is 0 Å². The number of rotatable bonds is 4. The summed E-state index contributed by atoms with van der Waals surface area (Å²) in [6.45, 7) is 6.46. The van der Waals surface area contributed by atoms with Gasteiger partial charge in [-0.1, -0.05) is 43.0 Å². The van der Waals surface area contributed by atoms with E-state index in [1.165, 1.54) is 19.2 Å². The Hall–Kier alpha value is -2.88. The van der Waals surface area contributed by atoms with Crippen LogP contribution in [-0.2, 0) is 0 Å². The van der Waals surface area contributed by atoms with Gasteiger partial charge in [0.15, 0.2) is 0 Å². The SMILES string of the molecule is C=C1C=CC(c2ccccc2)=C(c2c(F)cc(OC)cc2F)N1CC. The molecule has 0 saturated carbocycles. The Bertz CT molecular complexity index is 846. The number of nitrogens with zero attached hydrogens (tertiary/aromatic N) is 1. The lowest BCUT2D eigenvalue weighted by Crippen LogP contribution is -2.24. The van der Waals surface area contributed by atoms with Crippen molar-refractivity contribution in [1.82, 2.24) is 4.90 Å². The molecule has 0 saturated heterocycles. The summed E-state index contributed by atoms with van der Waals surface area (Å²) in [4.78, 5) is 1.82. The first kappa shape index (κ1) is 17.0. The minimum absolute atomic E-state index is 0.0768. The zero-order valence-electron chi connectivity index (χ0n) is 14.2.